The summed E-state index contributed by atoms with van der Waals surface area (Å²) in [6.45, 7) is 0.870. The van der Waals surface area contributed by atoms with Crippen LogP contribution in [0.3, 0.4) is 0 Å². The highest BCUT2D eigenvalue weighted by Crippen LogP contribution is 2.05. The second-order valence-corrected chi connectivity index (χ2v) is 4.38. The predicted molar refractivity (Wildman–Crippen MR) is 72.1 cm³/mol. The summed E-state index contributed by atoms with van der Waals surface area (Å²) in [5, 5.41) is 19.9. The standard InChI is InChI=1S/C13H18N2O6/c1-21-8-7-15-6-2-3-10(15)12(18)14-9(13(19)20)4-5-11(16)17/h2-3,6,9H,4-5,7-8H2,1H3,(H,14,18)(H,16,17)(H,19,20). The summed E-state index contributed by atoms with van der Waals surface area (Å²) in [5.41, 5.74) is 0.300. The van der Waals surface area contributed by atoms with Crippen LogP contribution in [0.15, 0.2) is 18.3 Å². The van der Waals surface area contributed by atoms with Crippen molar-refractivity contribution in [1.29, 1.82) is 0 Å². The van der Waals surface area contributed by atoms with Gasteiger partial charge >= 0.3 is 11.9 Å². The van der Waals surface area contributed by atoms with E-state index in [2.05, 4.69) is 5.32 Å². The number of carbonyl (C=O) groups excluding carboxylic acids is 1. The number of amides is 1. The Hall–Kier alpha value is -2.35. The van der Waals surface area contributed by atoms with Crippen LogP contribution in [0.4, 0.5) is 0 Å². The van der Waals surface area contributed by atoms with Gasteiger partial charge in [0.05, 0.1) is 6.61 Å². The van der Waals surface area contributed by atoms with Crippen LogP contribution in [-0.4, -0.2) is 52.4 Å². The third-order valence-electron chi connectivity index (χ3n) is 2.85. The number of rotatable bonds is 9. The van der Waals surface area contributed by atoms with Gasteiger partial charge < -0.3 is 24.8 Å². The molecule has 0 aliphatic carbocycles. The van der Waals surface area contributed by atoms with E-state index in [4.69, 9.17) is 14.9 Å². The molecule has 1 aromatic rings. The van der Waals surface area contributed by atoms with Crippen LogP contribution >= 0.6 is 0 Å². The maximum absolute atomic E-state index is 12.1. The number of aromatic nitrogens is 1. The molecule has 1 rings (SSSR count). The molecular formula is C13H18N2O6. The number of aliphatic carboxylic acids is 2. The van der Waals surface area contributed by atoms with Crippen molar-refractivity contribution in [2.45, 2.75) is 25.4 Å². The Morgan fingerprint density at radius 3 is 2.67 bits per heavy atom. The zero-order valence-corrected chi connectivity index (χ0v) is 11.6. The molecule has 0 saturated heterocycles. The molecule has 0 radical (unpaired) electrons. The quantitative estimate of drug-likeness (QED) is 0.598. The lowest BCUT2D eigenvalue weighted by atomic mass is 10.1. The van der Waals surface area contributed by atoms with Crippen molar-refractivity contribution in [1.82, 2.24) is 9.88 Å². The lowest BCUT2D eigenvalue weighted by molar-refractivity contribution is -0.140. The molecule has 0 aliphatic heterocycles. The number of carboxylic acids is 2. The Kier molecular flexibility index (Phi) is 6.41. The molecule has 1 unspecified atom stereocenters. The van der Waals surface area contributed by atoms with Crippen LogP contribution in [-0.2, 0) is 20.9 Å². The molecule has 1 heterocycles. The average molecular weight is 298 g/mol. The van der Waals surface area contributed by atoms with Gasteiger partial charge in [0.15, 0.2) is 0 Å². The number of methoxy groups -OCH3 is 1. The van der Waals surface area contributed by atoms with Crippen LogP contribution in [0.1, 0.15) is 23.3 Å². The second kappa shape index (κ2) is 8.05. The third kappa shape index (κ3) is 5.27. The third-order valence-corrected chi connectivity index (χ3v) is 2.85. The van der Waals surface area contributed by atoms with Crippen LogP contribution in [0.5, 0.6) is 0 Å². The summed E-state index contributed by atoms with van der Waals surface area (Å²) in [7, 11) is 1.54. The van der Waals surface area contributed by atoms with Gasteiger partial charge in [-0.2, -0.15) is 0 Å². The highest BCUT2D eigenvalue weighted by Gasteiger charge is 2.22. The number of hydrogen-bond donors (Lipinski definition) is 3. The second-order valence-electron chi connectivity index (χ2n) is 4.38. The van der Waals surface area contributed by atoms with Gasteiger partial charge in [-0.3, -0.25) is 9.59 Å². The summed E-state index contributed by atoms with van der Waals surface area (Å²) in [5.74, 6) is -2.94. The van der Waals surface area contributed by atoms with E-state index in [-0.39, 0.29) is 12.8 Å². The Balaban J connectivity index is 2.71. The first kappa shape index (κ1) is 16.7. The summed E-state index contributed by atoms with van der Waals surface area (Å²) in [6.07, 6.45) is 1.18. The first-order valence-corrected chi connectivity index (χ1v) is 6.35. The molecular weight excluding hydrogens is 280 g/mol. The van der Waals surface area contributed by atoms with Gasteiger partial charge in [-0.05, 0) is 18.6 Å². The van der Waals surface area contributed by atoms with Crippen molar-refractivity contribution in [3.8, 4) is 0 Å². The highest BCUT2D eigenvalue weighted by atomic mass is 16.5. The lowest BCUT2D eigenvalue weighted by Gasteiger charge is -2.14. The average Bonchev–Trinajstić information content (AvgIpc) is 2.88. The molecule has 1 amide bonds. The summed E-state index contributed by atoms with van der Waals surface area (Å²) < 4.78 is 6.56. The van der Waals surface area contributed by atoms with E-state index in [1.54, 1.807) is 22.9 Å². The van der Waals surface area contributed by atoms with E-state index < -0.39 is 23.9 Å². The molecule has 1 aromatic heterocycles. The highest BCUT2D eigenvalue weighted by molar-refractivity contribution is 5.95. The Bertz CT molecular complexity index is 511. The molecule has 0 aromatic carbocycles. The monoisotopic (exact) mass is 298 g/mol. The van der Waals surface area contributed by atoms with E-state index in [9.17, 15) is 14.4 Å². The van der Waals surface area contributed by atoms with Crippen molar-refractivity contribution in [3.63, 3.8) is 0 Å². The van der Waals surface area contributed by atoms with E-state index in [1.807, 2.05) is 0 Å². The molecule has 0 spiro atoms. The van der Waals surface area contributed by atoms with Gasteiger partial charge in [-0.15, -0.1) is 0 Å². The van der Waals surface area contributed by atoms with E-state index in [0.717, 1.165) is 0 Å². The van der Waals surface area contributed by atoms with Gasteiger partial charge in [0.25, 0.3) is 5.91 Å². The van der Waals surface area contributed by atoms with E-state index >= 15 is 0 Å². The minimum atomic E-state index is -1.26. The fraction of sp³-hybridized carbons (Fsp3) is 0.462. The van der Waals surface area contributed by atoms with Gasteiger partial charge in [0.2, 0.25) is 0 Å². The van der Waals surface area contributed by atoms with Gasteiger partial charge in [0, 0.05) is 26.3 Å². The molecule has 8 heteroatoms. The van der Waals surface area contributed by atoms with Crippen molar-refractivity contribution < 1.29 is 29.3 Å². The van der Waals surface area contributed by atoms with Crippen molar-refractivity contribution in [3.05, 3.63) is 24.0 Å². The number of nitrogens with one attached hydrogen (secondary N) is 1. The predicted octanol–water partition coefficient (Wildman–Crippen LogP) is 0.182. The Morgan fingerprint density at radius 2 is 2.10 bits per heavy atom. The van der Waals surface area contributed by atoms with Crippen molar-refractivity contribution in [2.24, 2.45) is 0 Å². The molecule has 0 aliphatic rings. The van der Waals surface area contributed by atoms with Gasteiger partial charge in [0.1, 0.15) is 11.7 Å². The number of carboxylic acid groups (broad SMARTS) is 2. The number of hydrogen-bond acceptors (Lipinski definition) is 4. The van der Waals surface area contributed by atoms with Crippen LogP contribution in [0, 0.1) is 0 Å². The van der Waals surface area contributed by atoms with Crippen LogP contribution in [0.2, 0.25) is 0 Å². The molecule has 8 nitrogen and oxygen atoms in total. The smallest absolute Gasteiger partial charge is 0.326 e. The maximum Gasteiger partial charge on any atom is 0.326 e. The number of ether oxygens (including phenoxy) is 1. The molecule has 0 saturated carbocycles. The van der Waals surface area contributed by atoms with Crippen LogP contribution in [0.25, 0.3) is 0 Å². The Morgan fingerprint density at radius 1 is 1.38 bits per heavy atom. The minimum absolute atomic E-state index is 0.171. The van der Waals surface area contributed by atoms with E-state index in [0.29, 0.717) is 18.8 Å². The first-order chi connectivity index (χ1) is 9.95. The lowest BCUT2D eigenvalue weighted by Crippen LogP contribution is -2.41. The zero-order chi connectivity index (χ0) is 15.8. The molecule has 116 valence electrons. The number of carbonyl (C=O) groups is 3. The van der Waals surface area contributed by atoms with Gasteiger partial charge in [-0.25, -0.2) is 4.79 Å². The number of nitrogens with zero attached hydrogens (tertiary/aromatic N) is 1. The fourth-order valence-electron chi connectivity index (χ4n) is 1.76. The van der Waals surface area contributed by atoms with Crippen LogP contribution < -0.4 is 5.32 Å². The zero-order valence-electron chi connectivity index (χ0n) is 11.6. The van der Waals surface area contributed by atoms with Crippen molar-refractivity contribution >= 4 is 17.8 Å². The summed E-state index contributed by atoms with van der Waals surface area (Å²) >= 11 is 0. The maximum atomic E-state index is 12.1. The Labute approximate surface area is 121 Å². The van der Waals surface area contributed by atoms with Gasteiger partial charge in [-0.1, -0.05) is 0 Å². The normalized spacial score (nSPS) is 11.9. The molecule has 3 N–H and O–H groups in total. The topological polar surface area (TPSA) is 118 Å². The molecule has 0 bridgehead atoms. The first-order valence-electron chi connectivity index (χ1n) is 6.35. The molecule has 21 heavy (non-hydrogen) atoms. The molecule has 0 fully saturated rings. The van der Waals surface area contributed by atoms with E-state index in [1.165, 1.54) is 7.11 Å². The fourth-order valence-corrected chi connectivity index (χ4v) is 1.76. The van der Waals surface area contributed by atoms with Crippen molar-refractivity contribution in [2.75, 3.05) is 13.7 Å². The minimum Gasteiger partial charge on any atom is -0.481 e. The molecule has 1 atom stereocenters. The SMILES string of the molecule is COCCn1cccc1C(=O)NC(CCC(=O)O)C(=O)O. The largest absolute Gasteiger partial charge is 0.481 e. The summed E-state index contributed by atoms with van der Waals surface area (Å²) in [4.78, 5) is 33.6. The summed E-state index contributed by atoms with van der Waals surface area (Å²) in [6, 6.07) is 1.98.